The van der Waals surface area contributed by atoms with E-state index in [0.717, 1.165) is 64.7 Å². The minimum absolute atomic E-state index is 0. The number of carbonyl (C=O) groups excluding carboxylic acids is 1. The van der Waals surface area contributed by atoms with Crippen molar-refractivity contribution >= 4 is 35.8 Å². The Hall–Kier alpha value is -0.610. The molecule has 0 bridgehead atoms. The predicted octanol–water partition coefficient (Wildman–Crippen LogP) is 1.02. The van der Waals surface area contributed by atoms with Crippen molar-refractivity contribution in [2.75, 3.05) is 45.9 Å². The van der Waals surface area contributed by atoms with E-state index in [4.69, 9.17) is 15.5 Å². The maximum absolute atomic E-state index is 11.6. The van der Waals surface area contributed by atoms with E-state index in [0.29, 0.717) is 0 Å². The Kier molecular flexibility index (Phi) is 9.44. The molecule has 1 unspecified atom stereocenters. The molecule has 146 valence electrons. The van der Waals surface area contributed by atoms with E-state index in [1.165, 1.54) is 6.42 Å². The third-order valence-corrected chi connectivity index (χ3v) is 5.03. The summed E-state index contributed by atoms with van der Waals surface area (Å²) in [4.78, 5) is 20.8. The zero-order valence-corrected chi connectivity index (χ0v) is 18.1. The fourth-order valence-corrected chi connectivity index (χ4v) is 3.20. The normalized spacial score (nSPS) is 23.1. The molecule has 8 heteroatoms. The summed E-state index contributed by atoms with van der Waals surface area (Å²) in [6.07, 6.45) is 3.75. The molecule has 2 rings (SSSR count). The number of hydrogen-bond donors (Lipinski definition) is 2. The van der Waals surface area contributed by atoms with E-state index >= 15 is 0 Å². The van der Waals surface area contributed by atoms with Crippen LogP contribution in [0.15, 0.2) is 4.99 Å². The Morgan fingerprint density at radius 2 is 1.96 bits per heavy atom. The number of amides is 1. The number of halogens is 1. The van der Waals surface area contributed by atoms with Gasteiger partial charge in [-0.1, -0.05) is 0 Å². The summed E-state index contributed by atoms with van der Waals surface area (Å²) < 4.78 is 5.77. The number of guanidine groups is 1. The molecule has 2 saturated heterocycles. The summed E-state index contributed by atoms with van der Waals surface area (Å²) in [6.45, 7) is 11.6. The number of carbonyl (C=O) groups is 1. The Morgan fingerprint density at radius 1 is 1.28 bits per heavy atom. The number of hydrogen-bond acceptors (Lipinski definition) is 4. The second-order valence-corrected chi connectivity index (χ2v) is 7.08. The van der Waals surface area contributed by atoms with Gasteiger partial charge in [0.1, 0.15) is 0 Å². The number of piperazine rings is 1. The SMILES string of the molecule is CCNC(=NCC1CCCCO1)N1CCN(C(C)(C)C(N)=O)CC1.I. The van der Waals surface area contributed by atoms with Crippen molar-refractivity contribution in [3.63, 3.8) is 0 Å². The van der Waals surface area contributed by atoms with Gasteiger partial charge >= 0.3 is 0 Å². The average molecular weight is 467 g/mol. The lowest BCUT2D eigenvalue weighted by atomic mass is 10.0. The van der Waals surface area contributed by atoms with Gasteiger partial charge in [-0.15, -0.1) is 24.0 Å². The Morgan fingerprint density at radius 3 is 2.48 bits per heavy atom. The van der Waals surface area contributed by atoms with Crippen molar-refractivity contribution in [2.24, 2.45) is 10.7 Å². The van der Waals surface area contributed by atoms with Crippen molar-refractivity contribution in [1.29, 1.82) is 0 Å². The molecule has 0 aromatic heterocycles. The number of ether oxygens (including phenoxy) is 1. The molecule has 0 saturated carbocycles. The molecule has 25 heavy (non-hydrogen) atoms. The van der Waals surface area contributed by atoms with E-state index in [-0.39, 0.29) is 36.0 Å². The van der Waals surface area contributed by atoms with Gasteiger partial charge in [0.2, 0.25) is 5.91 Å². The molecule has 1 atom stereocenters. The van der Waals surface area contributed by atoms with E-state index < -0.39 is 5.54 Å². The molecule has 0 spiro atoms. The smallest absolute Gasteiger partial charge is 0.237 e. The molecular formula is C17H34IN5O2. The van der Waals surface area contributed by atoms with Gasteiger partial charge in [-0.25, -0.2) is 0 Å². The van der Waals surface area contributed by atoms with Gasteiger partial charge in [0.25, 0.3) is 0 Å². The number of primary amides is 1. The standard InChI is InChI=1S/C17H33N5O2.HI/c1-4-19-16(20-13-14-7-5-6-12-24-14)21-8-10-22(11-9-21)17(2,3)15(18)23;/h14H,4-13H2,1-3H3,(H2,18,23)(H,19,20);1H. The summed E-state index contributed by atoms with van der Waals surface area (Å²) in [5.41, 5.74) is 4.93. The van der Waals surface area contributed by atoms with E-state index in [2.05, 4.69) is 22.0 Å². The molecule has 0 aromatic rings. The van der Waals surface area contributed by atoms with Gasteiger partial charge in [-0.3, -0.25) is 14.7 Å². The molecular weight excluding hydrogens is 433 g/mol. The fourth-order valence-electron chi connectivity index (χ4n) is 3.20. The number of nitrogens with two attached hydrogens (primary N) is 1. The lowest BCUT2D eigenvalue weighted by molar-refractivity contribution is -0.129. The van der Waals surface area contributed by atoms with Crippen molar-refractivity contribution in [1.82, 2.24) is 15.1 Å². The van der Waals surface area contributed by atoms with E-state index in [1.54, 1.807) is 0 Å². The first kappa shape index (κ1) is 22.4. The van der Waals surface area contributed by atoms with Gasteiger partial charge in [0.15, 0.2) is 5.96 Å². The first-order valence-electron chi connectivity index (χ1n) is 9.15. The van der Waals surface area contributed by atoms with E-state index in [9.17, 15) is 4.79 Å². The highest BCUT2D eigenvalue weighted by Crippen LogP contribution is 2.17. The van der Waals surface area contributed by atoms with Gasteiger partial charge < -0.3 is 20.7 Å². The van der Waals surface area contributed by atoms with Crippen LogP contribution in [-0.4, -0.2) is 79.2 Å². The monoisotopic (exact) mass is 467 g/mol. The van der Waals surface area contributed by atoms with Gasteiger partial charge in [0, 0.05) is 39.3 Å². The Balaban J connectivity index is 0.00000312. The summed E-state index contributed by atoms with van der Waals surface area (Å²) in [6, 6.07) is 0. The van der Waals surface area contributed by atoms with Crippen LogP contribution in [0.2, 0.25) is 0 Å². The van der Waals surface area contributed by atoms with Gasteiger partial charge in [-0.05, 0) is 40.0 Å². The summed E-state index contributed by atoms with van der Waals surface area (Å²) in [5.74, 6) is 0.675. The highest BCUT2D eigenvalue weighted by atomic mass is 127. The highest BCUT2D eigenvalue weighted by Gasteiger charge is 2.35. The quantitative estimate of drug-likeness (QED) is 0.359. The predicted molar refractivity (Wildman–Crippen MR) is 111 cm³/mol. The van der Waals surface area contributed by atoms with Crippen LogP contribution in [0.4, 0.5) is 0 Å². The number of nitrogens with one attached hydrogen (secondary N) is 1. The zero-order chi connectivity index (χ0) is 17.6. The van der Waals surface area contributed by atoms with E-state index in [1.807, 2.05) is 13.8 Å². The molecule has 1 amide bonds. The van der Waals surface area contributed by atoms with Crippen LogP contribution < -0.4 is 11.1 Å². The summed E-state index contributed by atoms with van der Waals surface area (Å²) in [7, 11) is 0. The van der Waals surface area contributed by atoms with Crippen molar-refractivity contribution in [3.05, 3.63) is 0 Å². The Bertz CT molecular complexity index is 444. The second-order valence-electron chi connectivity index (χ2n) is 7.08. The molecule has 3 N–H and O–H groups in total. The van der Waals surface area contributed by atoms with Crippen LogP contribution >= 0.6 is 24.0 Å². The lowest BCUT2D eigenvalue weighted by Crippen LogP contribution is -2.61. The fraction of sp³-hybridized carbons (Fsp3) is 0.882. The molecule has 2 aliphatic heterocycles. The molecule has 2 fully saturated rings. The number of nitrogens with zero attached hydrogens (tertiary/aromatic N) is 3. The van der Waals surface area contributed by atoms with Crippen molar-refractivity contribution in [2.45, 2.75) is 51.7 Å². The lowest BCUT2D eigenvalue weighted by Gasteiger charge is -2.43. The summed E-state index contributed by atoms with van der Waals surface area (Å²) in [5, 5.41) is 3.38. The van der Waals surface area contributed by atoms with Crippen molar-refractivity contribution < 1.29 is 9.53 Å². The third kappa shape index (κ3) is 6.25. The maximum Gasteiger partial charge on any atom is 0.237 e. The van der Waals surface area contributed by atoms with Gasteiger partial charge in [0.05, 0.1) is 18.2 Å². The molecule has 0 aromatic carbocycles. The molecule has 0 aliphatic carbocycles. The first-order valence-corrected chi connectivity index (χ1v) is 9.15. The zero-order valence-electron chi connectivity index (χ0n) is 15.8. The largest absolute Gasteiger partial charge is 0.376 e. The van der Waals surface area contributed by atoms with Crippen LogP contribution in [0, 0.1) is 0 Å². The van der Waals surface area contributed by atoms with Crippen LogP contribution in [0.1, 0.15) is 40.0 Å². The molecule has 2 aliphatic rings. The second kappa shape index (κ2) is 10.5. The molecule has 7 nitrogen and oxygen atoms in total. The minimum atomic E-state index is -0.600. The average Bonchev–Trinajstić information content (AvgIpc) is 2.59. The molecule has 2 heterocycles. The van der Waals surface area contributed by atoms with Crippen LogP contribution in [0.5, 0.6) is 0 Å². The number of aliphatic imine (C=N–C) groups is 1. The van der Waals surface area contributed by atoms with Crippen LogP contribution in [-0.2, 0) is 9.53 Å². The first-order chi connectivity index (χ1) is 11.4. The van der Waals surface area contributed by atoms with Gasteiger partial charge in [-0.2, -0.15) is 0 Å². The topological polar surface area (TPSA) is 83.2 Å². The highest BCUT2D eigenvalue weighted by molar-refractivity contribution is 14.0. The van der Waals surface area contributed by atoms with Crippen LogP contribution in [0.25, 0.3) is 0 Å². The minimum Gasteiger partial charge on any atom is -0.376 e. The van der Waals surface area contributed by atoms with Crippen molar-refractivity contribution in [3.8, 4) is 0 Å². The molecule has 0 radical (unpaired) electrons. The maximum atomic E-state index is 11.6. The summed E-state index contributed by atoms with van der Waals surface area (Å²) >= 11 is 0. The van der Waals surface area contributed by atoms with Crippen LogP contribution in [0.3, 0.4) is 0 Å². The number of rotatable bonds is 5. The Labute approximate surface area is 168 Å². The third-order valence-electron chi connectivity index (χ3n) is 5.03.